The summed E-state index contributed by atoms with van der Waals surface area (Å²) in [5.74, 6) is -1.000. The number of esters is 2. The van der Waals surface area contributed by atoms with Crippen molar-refractivity contribution in [2.45, 2.75) is 71.3 Å². The van der Waals surface area contributed by atoms with Gasteiger partial charge in [0, 0.05) is 12.8 Å². The van der Waals surface area contributed by atoms with Crippen LogP contribution in [-0.2, 0) is 28.2 Å². The quantitative estimate of drug-likeness (QED) is 0.273. The number of phosphoric ester groups is 1. The van der Waals surface area contributed by atoms with E-state index in [1.807, 2.05) is 0 Å². The molecule has 0 saturated heterocycles. The molecule has 0 bridgehead atoms. The first-order valence-electron chi connectivity index (χ1n) is 8.33. The minimum absolute atomic E-state index is 0.151. The molecule has 0 saturated carbocycles. The largest absolute Gasteiger partial charge is 0.469 e. The van der Waals surface area contributed by atoms with Gasteiger partial charge in [-0.25, -0.2) is 4.57 Å². The van der Waals surface area contributed by atoms with E-state index in [0.29, 0.717) is 6.42 Å². The first-order chi connectivity index (χ1) is 11.3. The van der Waals surface area contributed by atoms with Crippen molar-refractivity contribution >= 4 is 19.8 Å². The van der Waals surface area contributed by atoms with Crippen LogP contribution in [0.5, 0.6) is 0 Å². The van der Waals surface area contributed by atoms with E-state index in [2.05, 4.69) is 11.4 Å². The predicted molar refractivity (Wildman–Crippen MR) is 87.1 cm³/mol. The highest BCUT2D eigenvalue weighted by molar-refractivity contribution is 7.46. The Hall–Kier alpha value is -0.950. The molecule has 0 aromatic heterocycles. The van der Waals surface area contributed by atoms with Crippen molar-refractivity contribution in [1.29, 1.82) is 0 Å². The molecule has 0 rings (SSSR count). The minimum Gasteiger partial charge on any atom is -0.462 e. The fourth-order valence-corrected chi connectivity index (χ4v) is 2.24. The Balaban J connectivity index is 4.18. The number of ether oxygens (including phenoxy) is 2. The van der Waals surface area contributed by atoms with E-state index in [-0.39, 0.29) is 19.4 Å². The van der Waals surface area contributed by atoms with E-state index in [4.69, 9.17) is 19.3 Å². The molecule has 0 radical (unpaired) electrons. The third-order valence-corrected chi connectivity index (χ3v) is 3.67. The summed E-state index contributed by atoms with van der Waals surface area (Å²) in [6, 6.07) is 0. The van der Waals surface area contributed by atoms with E-state index in [0.717, 1.165) is 25.7 Å². The van der Waals surface area contributed by atoms with Crippen LogP contribution in [-0.4, -0.2) is 41.0 Å². The van der Waals surface area contributed by atoms with Gasteiger partial charge in [-0.3, -0.25) is 14.1 Å². The lowest BCUT2D eigenvalue weighted by Crippen LogP contribution is -2.29. The summed E-state index contributed by atoms with van der Waals surface area (Å²) < 4.78 is 25.0. The summed E-state index contributed by atoms with van der Waals surface area (Å²) in [7, 11) is -4.69. The molecule has 2 N–H and O–H groups in total. The summed E-state index contributed by atoms with van der Waals surface area (Å²) in [6.07, 6.45) is 5.44. The van der Waals surface area contributed by atoms with Crippen LogP contribution in [0.25, 0.3) is 0 Å². The standard InChI is InChI=1S/C15H29O8P/c1-3-5-6-7-8-9-10-15(17)23-13(11-21-14(16)4-2)12-22-24(18,19)20/h13H,3-12H2,1-2H3,(H2,18,19,20)/t13-/m1/s1. The zero-order valence-corrected chi connectivity index (χ0v) is 15.3. The highest BCUT2D eigenvalue weighted by Gasteiger charge is 2.22. The molecule has 8 nitrogen and oxygen atoms in total. The molecule has 0 aliphatic rings. The fourth-order valence-electron chi connectivity index (χ4n) is 1.88. The SMILES string of the molecule is CCCCCCCCC(=O)O[C@H](COC(=O)CC)COP(=O)(O)O. The van der Waals surface area contributed by atoms with Crippen molar-refractivity contribution < 1.29 is 37.9 Å². The van der Waals surface area contributed by atoms with Gasteiger partial charge >= 0.3 is 19.8 Å². The summed E-state index contributed by atoms with van der Waals surface area (Å²) in [4.78, 5) is 40.3. The number of rotatable bonds is 14. The third kappa shape index (κ3) is 14.6. The van der Waals surface area contributed by atoms with Crippen LogP contribution in [0.1, 0.15) is 65.2 Å². The minimum atomic E-state index is -4.69. The first-order valence-corrected chi connectivity index (χ1v) is 9.86. The van der Waals surface area contributed by atoms with Crippen LogP contribution in [0, 0.1) is 0 Å². The Kier molecular flexibility index (Phi) is 12.8. The zero-order valence-electron chi connectivity index (χ0n) is 14.4. The lowest BCUT2D eigenvalue weighted by atomic mass is 10.1. The van der Waals surface area contributed by atoms with Gasteiger partial charge in [0.25, 0.3) is 0 Å². The maximum absolute atomic E-state index is 11.8. The number of carbonyl (C=O) groups excluding carboxylic acids is 2. The molecule has 1 atom stereocenters. The smallest absolute Gasteiger partial charge is 0.462 e. The van der Waals surface area contributed by atoms with E-state index >= 15 is 0 Å². The number of carbonyl (C=O) groups is 2. The topological polar surface area (TPSA) is 119 Å². The molecular formula is C15H29O8P. The van der Waals surface area contributed by atoms with E-state index < -0.39 is 32.5 Å². The van der Waals surface area contributed by atoms with Gasteiger partial charge in [0.05, 0.1) is 6.61 Å². The van der Waals surface area contributed by atoms with Gasteiger partial charge < -0.3 is 19.3 Å². The fraction of sp³-hybridized carbons (Fsp3) is 0.867. The highest BCUT2D eigenvalue weighted by Crippen LogP contribution is 2.35. The summed E-state index contributed by atoms with van der Waals surface area (Å²) in [6.45, 7) is 2.90. The van der Waals surface area contributed by atoms with Crippen molar-refractivity contribution in [2.75, 3.05) is 13.2 Å². The molecule has 0 amide bonds. The molecule has 24 heavy (non-hydrogen) atoms. The molecular weight excluding hydrogens is 339 g/mol. The Bertz CT molecular complexity index is 406. The van der Waals surface area contributed by atoms with Crippen LogP contribution >= 0.6 is 7.82 Å². The number of phosphoric acid groups is 1. The van der Waals surface area contributed by atoms with Gasteiger partial charge in [0.2, 0.25) is 0 Å². The zero-order chi connectivity index (χ0) is 18.4. The lowest BCUT2D eigenvalue weighted by molar-refractivity contribution is -0.161. The average Bonchev–Trinajstić information content (AvgIpc) is 2.52. The molecule has 0 heterocycles. The van der Waals surface area contributed by atoms with E-state index in [1.54, 1.807) is 6.92 Å². The number of hydrogen-bond donors (Lipinski definition) is 2. The van der Waals surface area contributed by atoms with Crippen molar-refractivity contribution in [2.24, 2.45) is 0 Å². The molecule has 0 unspecified atom stereocenters. The summed E-state index contributed by atoms with van der Waals surface area (Å²) >= 11 is 0. The van der Waals surface area contributed by atoms with Gasteiger partial charge in [-0.2, -0.15) is 0 Å². The van der Waals surface area contributed by atoms with E-state index in [9.17, 15) is 14.2 Å². The van der Waals surface area contributed by atoms with Crippen molar-refractivity contribution in [3.8, 4) is 0 Å². The molecule has 9 heteroatoms. The van der Waals surface area contributed by atoms with Gasteiger partial charge in [-0.1, -0.05) is 46.0 Å². The number of hydrogen-bond acceptors (Lipinski definition) is 6. The molecule has 0 aliphatic carbocycles. The second-order valence-corrected chi connectivity index (χ2v) is 6.69. The molecule has 0 spiro atoms. The lowest BCUT2D eigenvalue weighted by Gasteiger charge is -2.18. The second-order valence-electron chi connectivity index (χ2n) is 5.45. The van der Waals surface area contributed by atoms with Gasteiger partial charge in [-0.15, -0.1) is 0 Å². The first kappa shape index (κ1) is 23.1. The van der Waals surface area contributed by atoms with Crippen LogP contribution in [0.3, 0.4) is 0 Å². The van der Waals surface area contributed by atoms with Crippen LogP contribution in [0.2, 0.25) is 0 Å². The van der Waals surface area contributed by atoms with Crippen molar-refractivity contribution in [3.63, 3.8) is 0 Å². The molecule has 0 aromatic rings. The van der Waals surface area contributed by atoms with Crippen LogP contribution in [0.15, 0.2) is 0 Å². The maximum atomic E-state index is 11.8. The average molecular weight is 368 g/mol. The van der Waals surface area contributed by atoms with Crippen LogP contribution in [0.4, 0.5) is 0 Å². The monoisotopic (exact) mass is 368 g/mol. The second kappa shape index (κ2) is 13.4. The van der Waals surface area contributed by atoms with Crippen LogP contribution < -0.4 is 0 Å². The summed E-state index contributed by atoms with van der Waals surface area (Å²) in [5.41, 5.74) is 0. The summed E-state index contributed by atoms with van der Waals surface area (Å²) in [5, 5.41) is 0. The van der Waals surface area contributed by atoms with Crippen molar-refractivity contribution in [1.82, 2.24) is 0 Å². The Labute approximate surface area is 143 Å². The predicted octanol–water partition coefficient (Wildman–Crippen LogP) is 2.71. The van der Waals surface area contributed by atoms with Gasteiger partial charge in [0.1, 0.15) is 6.61 Å². The Morgan fingerprint density at radius 1 is 0.958 bits per heavy atom. The van der Waals surface area contributed by atoms with E-state index in [1.165, 1.54) is 6.42 Å². The maximum Gasteiger partial charge on any atom is 0.469 e. The molecule has 0 aromatic carbocycles. The molecule has 142 valence electrons. The molecule has 0 aliphatic heterocycles. The molecule has 0 fully saturated rings. The normalized spacial score (nSPS) is 12.7. The number of unbranched alkanes of at least 4 members (excludes halogenated alkanes) is 5. The van der Waals surface area contributed by atoms with Gasteiger partial charge in [0.15, 0.2) is 6.10 Å². The van der Waals surface area contributed by atoms with Crippen molar-refractivity contribution in [3.05, 3.63) is 0 Å². The third-order valence-electron chi connectivity index (χ3n) is 3.18. The Morgan fingerprint density at radius 2 is 1.58 bits per heavy atom. The van der Waals surface area contributed by atoms with Gasteiger partial charge in [-0.05, 0) is 6.42 Å². The Morgan fingerprint density at radius 3 is 2.17 bits per heavy atom. The highest BCUT2D eigenvalue weighted by atomic mass is 31.2.